The molecule has 0 aliphatic carbocycles. The van der Waals surface area contributed by atoms with Crippen LogP contribution in [0.1, 0.15) is 28.5 Å². The van der Waals surface area contributed by atoms with Crippen LogP contribution in [-0.2, 0) is 16.8 Å². The first-order valence-electron chi connectivity index (χ1n) is 12.1. The second-order valence-corrected chi connectivity index (χ2v) is 9.49. The van der Waals surface area contributed by atoms with Crippen LogP contribution in [0.5, 0.6) is 5.75 Å². The van der Waals surface area contributed by atoms with Crippen LogP contribution in [0.15, 0.2) is 72.8 Å². The molecular formula is C28H21F3N4O4. The monoisotopic (exact) mass is 534 g/mol. The van der Waals surface area contributed by atoms with Gasteiger partial charge in [-0.15, -0.1) is 13.2 Å². The van der Waals surface area contributed by atoms with Crippen molar-refractivity contribution in [2.75, 3.05) is 16.8 Å². The average molecular weight is 534 g/mol. The molecule has 1 saturated heterocycles. The number of nitrogens with zero attached hydrogens (tertiary/aromatic N) is 2. The minimum atomic E-state index is -4.81. The number of urea groups is 1. The molecule has 2 aliphatic heterocycles. The van der Waals surface area contributed by atoms with Gasteiger partial charge < -0.3 is 19.9 Å². The van der Waals surface area contributed by atoms with Crippen LogP contribution in [0, 0.1) is 0 Å². The van der Waals surface area contributed by atoms with Gasteiger partial charge in [-0.3, -0.25) is 9.59 Å². The second-order valence-electron chi connectivity index (χ2n) is 9.49. The third-order valence-electron chi connectivity index (χ3n) is 7.20. The maximum atomic E-state index is 13.8. The number of imide groups is 1. The Morgan fingerprint density at radius 1 is 1.00 bits per heavy atom. The number of para-hydroxylation sites is 1. The predicted octanol–water partition coefficient (Wildman–Crippen LogP) is 5.56. The van der Waals surface area contributed by atoms with E-state index < -0.39 is 35.5 Å². The van der Waals surface area contributed by atoms with E-state index in [-0.39, 0.29) is 11.3 Å². The van der Waals surface area contributed by atoms with Crippen LogP contribution >= 0.6 is 0 Å². The molecule has 8 nitrogen and oxygen atoms in total. The van der Waals surface area contributed by atoms with E-state index in [2.05, 4.69) is 15.0 Å². The first-order valence-corrected chi connectivity index (χ1v) is 12.1. The highest BCUT2D eigenvalue weighted by Crippen LogP contribution is 2.45. The standard InChI is InChI=1S/C28H21F3N4O4/c1-27-23-21(20-4-2-3-5-22(20)33-23)14-15-34(27)26(38)35(25(27)37)18-10-6-16(7-11-18)24(36)32-17-8-12-19(13-9-17)39-28(29,30)31/h2-13,33H,14-15H2,1H3,(H,32,36). The van der Waals surface area contributed by atoms with Crippen LogP contribution in [0.2, 0.25) is 0 Å². The van der Waals surface area contributed by atoms with Crippen molar-refractivity contribution < 1.29 is 32.3 Å². The zero-order valence-corrected chi connectivity index (χ0v) is 20.5. The highest BCUT2D eigenvalue weighted by molar-refractivity contribution is 6.23. The maximum Gasteiger partial charge on any atom is 0.573 e. The van der Waals surface area contributed by atoms with Gasteiger partial charge in [0, 0.05) is 28.7 Å². The molecular weight excluding hydrogens is 513 g/mol. The molecule has 3 aromatic carbocycles. The topological polar surface area (TPSA) is 94.7 Å². The second kappa shape index (κ2) is 8.62. The Labute approximate surface area is 220 Å². The summed E-state index contributed by atoms with van der Waals surface area (Å²) in [5.74, 6) is -1.31. The third kappa shape index (κ3) is 3.97. The molecule has 0 saturated carbocycles. The summed E-state index contributed by atoms with van der Waals surface area (Å²) >= 11 is 0. The molecule has 2 aliphatic rings. The predicted molar refractivity (Wildman–Crippen MR) is 136 cm³/mol. The van der Waals surface area contributed by atoms with Gasteiger partial charge in [0.25, 0.3) is 11.8 Å². The number of H-pyrrole nitrogens is 1. The zero-order valence-electron chi connectivity index (χ0n) is 20.5. The molecule has 1 fully saturated rings. The highest BCUT2D eigenvalue weighted by Gasteiger charge is 2.59. The number of benzene rings is 3. The summed E-state index contributed by atoms with van der Waals surface area (Å²) in [5.41, 5.74) is 2.26. The van der Waals surface area contributed by atoms with E-state index in [4.69, 9.17) is 0 Å². The fourth-order valence-electron chi connectivity index (χ4n) is 5.32. The Balaban J connectivity index is 1.22. The lowest BCUT2D eigenvalue weighted by Crippen LogP contribution is -2.49. The number of amides is 4. The SMILES string of the molecule is CC12C(=O)N(c3ccc(C(=O)Nc4ccc(OC(F)(F)F)cc4)cc3)C(=O)N1CCc1c2[nH]c2ccccc12. The zero-order chi connectivity index (χ0) is 27.5. The molecule has 3 heterocycles. The van der Waals surface area contributed by atoms with E-state index in [1.807, 2.05) is 24.3 Å². The molecule has 0 spiro atoms. The lowest BCUT2D eigenvalue weighted by Gasteiger charge is -2.35. The van der Waals surface area contributed by atoms with Gasteiger partial charge in [-0.2, -0.15) is 0 Å². The summed E-state index contributed by atoms with van der Waals surface area (Å²) < 4.78 is 40.9. The van der Waals surface area contributed by atoms with E-state index >= 15 is 0 Å². The molecule has 1 atom stereocenters. The lowest BCUT2D eigenvalue weighted by atomic mass is 9.87. The molecule has 39 heavy (non-hydrogen) atoms. The minimum absolute atomic E-state index is 0.232. The maximum absolute atomic E-state index is 13.8. The number of carbonyl (C=O) groups excluding carboxylic acids is 3. The van der Waals surface area contributed by atoms with E-state index in [1.165, 1.54) is 36.4 Å². The largest absolute Gasteiger partial charge is 0.573 e. The molecule has 1 unspecified atom stereocenters. The van der Waals surface area contributed by atoms with Gasteiger partial charge in [-0.25, -0.2) is 9.69 Å². The number of carbonyl (C=O) groups is 3. The first kappa shape index (κ1) is 24.5. The summed E-state index contributed by atoms with van der Waals surface area (Å²) in [7, 11) is 0. The molecule has 0 bridgehead atoms. The van der Waals surface area contributed by atoms with Crippen molar-refractivity contribution in [3.05, 3.63) is 89.6 Å². The first-order chi connectivity index (χ1) is 18.6. The van der Waals surface area contributed by atoms with Gasteiger partial charge in [-0.05, 0) is 73.5 Å². The van der Waals surface area contributed by atoms with E-state index in [9.17, 15) is 27.6 Å². The fourth-order valence-corrected chi connectivity index (χ4v) is 5.32. The smallest absolute Gasteiger partial charge is 0.406 e. The van der Waals surface area contributed by atoms with Gasteiger partial charge >= 0.3 is 12.4 Å². The van der Waals surface area contributed by atoms with Gasteiger partial charge in [0.05, 0.1) is 11.4 Å². The number of anilines is 2. The quantitative estimate of drug-likeness (QED) is 0.335. The van der Waals surface area contributed by atoms with E-state index in [0.29, 0.717) is 24.3 Å². The van der Waals surface area contributed by atoms with Crippen molar-refractivity contribution in [3.8, 4) is 5.75 Å². The van der Waals surface area contributed by atoms with Crippen molar-refractivity contribution in [3.63, 3.8) is 0 Å². The lowest BCUT2D eigenvalue weighted by molar-refractivity contribution is -0.274. The number of hydrogen-bond acceptors (Lipinski definition) is 4. The van der Waals surface area contributed by atoms with Crippen LogP contribution in [0.4, 0.5) is 29.3 Å². The molecule has 11 heteroatoms. The van der Waals surface area contributed by atoms with Crippen molar-refractivity contribution >= 4 is 40.1 Å². The number of hydrogen-bond donors (Lipinski definition) is 2. The minimum Gasteiger partial charge on any atom is -0.406 e. The number of aromatic nitrogens is 1. The van der Waals surface area contributed by atoms with E-state index in [1.54, 1.807) is 11.8 Å². The summed E-state index contributed by atoms with van der Waals surface area (Å²) in [4.78, 5) is 45.9. The molecule has 4 aromatic rings. The van der Waals surface area contributed by atoms with Crippen molar-refractivity contribution in [1.29, 1.82) is 0 Å². The number of nitrogens with one attached hydrogen (secondary N) is 2. The van der Waals surface area contributed by atoms with Crippen LogP contribution < -0.4 is 15.0 Å². The number of ether oxygens (including phenoxy) is 1. The summed E-state index contributed by atoms with van der Waals surface area (Å²) in [6.07, 6.45) is -4.20. The van der Waals surface area contributed by atoms with Crippen LogP contribution in [-0.4, -0.2) is 40.6 Å². The van der Waals surface area contributed by atoms with Crippen molar-refractivity contribution in [2.24, 2.45) is 0 Å². The summed E-state index contributed by atoms with van der Waals surface area (Å²) in [6.45, 7) is 2.13. The Morgan fingerprint density at radius 3 is 2.38 bits per heavy atom. The Morgan fingerprint density at radius 2 is 1.69 bits per heavy atom. The number of fused-ring (bicyclic) bond motifs is 5. The molecule has 198 valence electrons. The number of aromatic amines is 1. The van der Waals surface area contributed by atoms with E-state index in [0.717, 1.165) is 33.5 Å². The molecule has 4 amide bonds. The third-order valence-corrected chi connectivity index (χ3v) is 7.20. The van der Waals surface area contributed by atoms with Gasteiger partial charge in [0.15, 0.2) is 5.54 Å². The van der Waals surface area contributed by atoms with Gasteiger partial charge in [0.2, 0.25) is 0 Å². The number of rotatable bonds is 4. The fraction of sp³-hybridized carbons (Fsp3) is 0.179. The number of alkyl halides is 3. The van der Waals surface area contributed by atoms with Crippen LogP contribution in [0.25, 0.3) is 10.9 Å². The molecule has 6 rings (SSSR count). The molecule has 0 radical (unpaired) electrons. The van der Waals surface area contributed by atoms with Gasteiger partial charge in [-0.1, -0.05) is 18.2 Å². The molecule has 1 aromatic heterocycles. The van der Waals surface area contributed by atoms with Crippen LogP contribution in [0.3, 0.4) is 0 Å². The summed E-state index contributed by atoms with van der Waals surface area (Å²) in [5, 5.41) is 3.62. The Bertz CT molecular complexity index is 1630. The number of halogens is 3. The normalized spacial score (nSPS) is 18.8. The average Bonchev–Trinajstić information content (AvgIpc) is 3.38. The van der Waals surface area contributed by atoms with Gasteiger partial charge in [0.1, 0.15) is 5.75 Å². The van der Waals surface area contributed by atoms with Crippen molar-refractivity contribution in [2.45, 2.75) is 25.2 Å². The Kier molecular flexibility index (Phi) is 5.42. The van der Waals surface area contributed by atoms with Crippen molar-refractivity contribution in [1.82, 2.24) is 9.88 Å². The molecule has 2 N–H and O–H groups in total. The summed E-state index contributed by atoms with van der Waals surface area (Å²) in [6, 6.07) is 18.1. The Hall–Kier alpha value is -4.80. The highest BCUT2D eigenvalue weighted by atomic mass is 19.4.